The molecule has 3 N–H and O–H groups in total. The maximum Gasteiger partial charge on any atom is 0.317 e. The number of amides is 2. The molecule has 0 aromatic carbocycles. The molecule has 0 saturated carbocycles. The zero-order chi connectivity index (χ0) is 13.3. The second kappa shape index (κ2) is 8.58. The number of nitrogens with one attached hydrogen (secondary N) is 1. The van der Waals surface area contributed by atoms with Crippen molar-refractivity contribution in [3.63, 3.8) is 0 Å². The number of carbonyl (C=O) groups is 2. The Labute approximate surface area is 101 Å². The van der Waals surface area contributed by atoms with Crippen LogP contribution in [0.3, 0.4) is 0 Å². The summed E-state index contributed by atoms with van der Waals surface area (Å²) in [4.78, 5) is 23.5. The zero-order valence-electron chi connectivity index (χ0n) is 10.1. The Hall–Kier alpha value is -1.56. The van der Waals surface area contributed by atoms with E-state index >= 15 is 0 Å². The summed E-state index contributed by atoms with van der Waals surface area (Å²) in [6.45, 7) is 5.86. The predicted octanol–water partition coefficient (Wildman–Crippen LogP) is 0.287. The number of carboxylic acids is 1. The fourth-order valence-electron chi connectivity index (χ4n) is 1.18. The van der Waals surface area contributed by atoms with Crippen LogP contribution in [0.2, 0.25) is 0 Å². The van der Waals surface area contributed by atoms with Crippen molar-refractivity contribution in [3.8, 4) is 0 Å². The van der Waals surface area contributed by atoms with Gasteiger partial charge in [0.25, 0.3) is 0 Å². The first kappa shape index (κ1) is 15.4. The third-order valence-corrected chi connectivity index (χ3v) is 2.28. The molecule has 6 heteroatoms. The summed E-state index contributed by atoms with van der Waals surface area (Å²) in [7, 11) is 0. The van der Waals surface area contributed by atoms with Crippen molar-refractivity contribution in [2.75, 3.05) is 26.2 Å². The summed E-state index contributed by atoms with van der Waals surface area (Å²) in [5, 5.41) is 20.0. The monoisotopic (exact) mass is 244 g/mol. The first-order valence-corrected chi connectivity index (χ1v) is 5.50. The number of aliphatic carboxylic acids is 1. The van der Waals surface area contributed by atoms with Gasteiger partial charge in [-0.05, 0) is 6.42 Å². The smallest absolute Gasteiger partial charge is 0.317 e. The molecule has 0 radical (unpaired) electrons. The van der Waals surface area contributed by atoms with E-state index in [0.29, 0.717) is 19.5 Å². The number of carboxylic acid groups (broad SMARTS) is 1. The fourth-order valence-corrected chi connectivity index (χ4v) is 1.18. The van der Waals surface area contributed by atoms with Gasteiger partial charge in [0.05, 0.1) is 12.5 Å². The molecule has 0 saturated heterocycles. The van der Waals surface area contributed by atoms with Crippen LogP contribution in [0.4, 0.5) is 4.79 Å². The van der Waals surface area contributed by atoms with Gasteiger partial charge < -0.3 is 20.4 Å². The second-order valence-electron chi connectivity index (χ2n) is 3.72. The minimum absolute atomic E-state index is 0.118. The van der Waals surface area contributed by atoms with E-state index in [1.54, 1.807) is 13.0 Å². The summed E-state index contributed by atoms with van der Waals surface area (Å²) >= 11 is 0. The molecule has 2 amide bonds. The molecule has 0 bridgehead atoms. The number of nitrogens with zero attached hydrogens (tertiary/aromatic N) is 1. The van der Waals surface area contributed by atoms with Gasteiger partial charge in [-0.15, -0.1) is 6.58 Å². The standard InChI is InChI=1S/C11H20N2O4/c1-3-6-13(7-8-14)11(17)12-5-4-9(2)10(15)16/h3,9,14H,1,4-8H2,2H3,(H,12,17)(H,15,16). The molecule has 0 fully saturated rings. The number of carbonyl (C=O) groups excluding carboxylic acids is 1. The van der Waals surface area contributed by atoms with Gasteiger partial charge in [-0.2, -0.15) is 0 Å². The molecular formula is C11H20N2O4. The largest absolute Gasteiger partial charge is 0.481 e. The van der Waals surface area contributed by atoms with E-state index in [-0.39, 0.29) is 19.2 Å². The van der Waals surface area contributed by atoms with Crippen molar-refractivity contribution in [3.05, 3.63) is 12.7 Å². The molecule has 0 heterocycles. The lowest BCUT2D eigenvalue weighted by atomic mass is 10.1. The van der Waals surface area contributed by atoms with Crippen LogP contribution in [-0.4, -0.2) is 53.4 Å². The van der Waals surface area contributed by atoms with E-state index in [4.69, 9.17) is 10.2 Å². The Morgan fingerprint density at radius 2 is 2.18 bits per heavy atom. The quantitative estimate of drug-likeness (QED) is 0.535. The number of hydrogen-bond acceptors (Lipinski definition) is 3. The van der Waals surface area contributed by atoms with Gasteiger partial charge in [0.1, 0.15) is 0 Å². The first-order valence-electron chi connectivity index (χ1n) is 5.50. The SMILES string of the molecule is C=CCN(CCO)C(=O)NCCC(C)C(=O)O. The number of aliphatic hydroxyl groups is 1. The van der Waals surface area contributed by atoms with Crippen LogP contribution in [0.15, 0.2) is 12.7 Å². The normalized spacial score (nSPS) is 11.6. The molecule has 1 unspecified atom stereocenters. The van der Waals surface area contributed by atoms with Crippen molar-refractivity contribution >= 4 is 12.0 Å². The van der Waals surface area contributed by atoms with Crippen molar-refractivity contribution in [2.45, 2.75) is 13.3 Å². The molecule has 0 spiro atoms. The Bertz CT molecular complexity index is 268. The lowest BCUT2D eigenvalue weighted by Gasteiger charge is -2.20. The molecular weight excluding hydrogens is 224 g/mol. The van der Waals surface area contributed by atoms with Gasteiger partial charge in [-0.3, -0.25) is 4.79 Å². The Kier molecular flexibility index (Phi) is 7.79. The maximum absolute atomic E-state index is 11.6. The molecule has 0 rings (SSSR count). The summed E-state index contributed by atoms with van der Waals surface area (Å²) in [5.74, 6) is -1.36. The Balaban J connectivity index is 3.96. The average molecular weight is 244 g/mol. The molecule has 17 heavy (non-hydrogen) atoms. The molecule has 1 atom stereocenters. The van der Waals surface area contributed by atoms with E-state index in [9.17, 15) is 9.59 Å². The molecule has 6 nitrogen and oxygen atoms in total. The van der Waals surface area contributed by atoms with E-state index < -0.39 is 11.9 Å². The highest BCUT2D eigenvalue weighted by atomic mass is 16.4. The second-order valence-corrected chi connectivity index (χ2v) is 3.72. The van der Waals surface area contributed by atoms with Crippen LogP contribution in [-0.2, 0) is 4.79 Å². The molecule has 0 aliphatic rings. The van der Waals surface area contributed by atoms with Gasteiger partial charge in [0.2, 0.25) is 0 Å². The van der Waals surface area contributed by atoms with Crippen LogP contribution in [0.5, 0.6) is 0 Å². The van der Waals surface area contributed by atoms with Gasteiger partial charge in [0.15, 0.2) is 0 Å². The van der Waals surface area contributed by atoms with Crippen molar-refractivity contribution in [1.82, 2.24) is 10.2 Å². The van der Waals surface area contributed by atoms with E-state index in [1.165, 1.54) is 4.90 Å². The lowest BCUT2D eigenvalue weighted by molar-refractivity contribution is -0.141. The van der Waals surface area contributed by atoms with Gasteiger partial charge >= 0.3 is 12.0 Å². The van der Waals surface area contributed by atoms with Gasteiger partial charge in [-0.1, -0.05) is 13.0 Å². The average Bonchev–Trinajstić information content (AvgIpc) is 2.28. The summed E-state index contributed by atoms with van der Waals surface area (Å²) in [6.07, 6.45) is 1.94. The number of rotatable bonds is 8. The predicted molar refractivity (Wildman–Crippen MR) is 63.7 cm³/mol. The van der Waals surface area contributed by atoms with Gasteiger partial charge in [-0.25, -0.2) is 4.79 Å². The zero-order valence-corrected chi connectivity index (χ0v) is 10.1. The lowest BCUT2D eigenvalue weighted by Crippen LogP contribution is -2.42. The summed E-state index contributed by atoms with van der Waals surface area (Å²) < 4.78 is 0. The third-order valence-electron chi connectivity index (χ3n) is 2.28. The van der Waals surface area contributed by atoms with Crippen molar-refractivity contribution in [2.24, 2.45) is 5.92 Å². The van der Waals surface area contributed by atoms with Crippen LogP contribution < -0.4 is 5.32 Å². The first-order chi connectivity index (χ1) is 8.02. The number of aliphatic hydroxyl groups excluding tert-OH is 1. The van der Waals surface area contributed by atoms with Crippen LogP contribution in [0.25, 0.3) is 0 Å². The topological polar surface area (TPSA) is 89.9 Å². The third kappa shape index (κ3) is 6.57. The Morgan fingerprint density at radius 3 is 2.65 bits per heavy atom. The van der Waals surface area contributed by atoms with Crippen LogP contribution in [0.1, 0.15) is 13.3 Å². The molecule has 0 aliphatic heterocycles. The highest BCUT2D eigenvalue weighted by Gasteiger charge is 2.13. The van der Waals surface area contributed by atoms with E-state index in [1.807, 2.05) is 0 Å². The highest BCUT2D eigenvalue weighted by Crippen LogP contribution is 2.00. The highest BCUT2D eigenvalue weighted by molar-refractivity contribution is 5.74. The summed E-state index contributed by atoms with van der Waals surface area (Å²) in [6, 6.07) is -0.323. The maximum atomic E-state index is 11.6. The fraction of sp³-hybridized carbons (Fsp3) is 0.636. The van der Waals surface area contributed by atoms with Crippen LogP contribution in [0, 0.1) is 5.92 Å². The molecule has 0 aromatic rings. The van der Waals surface area contributed by atoms with Crippen LogP contribution >= 0.6 is 0 Å². The van der Waals surface area contributed by atoms with Crippen molar-refractivity contribution in [1.29, 1.82) is 0 Å². The number of hydrogen-bond donors (Lipinski definition) is 3. The van der Waals surface area contributed by atoms with Gasteiger partial charge in [0, 0.05) is 19.6 Å². The molecule has 98 valence electrons. The minimum Gasteiger partial charge on any atom is -0.481 e. The molecule has 0 aliphatic carbocycles. The van der Waals surface area contributed by atoms with E-state index in [2.05, 4.69) is 11.9 Å². The minimum atomic E-state index is -0.877. The van der Waals surface area contributed by atoms with E-state index in [0.717, 1.165) is 0 Å². The molecule has 0 aromatic heterocycles. The summed E-state index contributed by atoms with van der Waals surface area (Å²) in [5.41, 5.74) is 0. The number of urea groups is 1. The van der Waals surface area contributed by atoms with Crippen molar-refractivity contribution < 1.29 is 19.8 Å². The Morgan fingerprint density at radius 1 is 1.53 bits per heavy atom.